The van der Waals surface area contributed by atoms with Gasteiger partial charge in [-0.15, -0.1) is 0 Å². The van der Waals surface area contributed by atoms with E-state index in [-0.39, 0.29) is 5.54 Å². The fourth-order valence-electron chi connectivity index (χ4n) is 3.14. The summed E-state index contributed by atoms with van der Waals surface area (Å²) in [4.78, 5) is 15.3. The summed E-state index contributed by atoms with van der Waals surface area (Å²) >= 11 is 0. The summed E-state index contributed by atoms with van der Waals surface area (Å²) in [5.41, 5.74) is 0.708. The molecule has 0 aliphatic carbocycles. The van der Waals surface area contributed by atoms with E-state index in [1.807, 2.05) is 24.3 Å². The van der Waals surface area contributed by atoms with Crippen LogP contribution < -0.4 is 4.74 Å². The zero-order chi connectivity index (χ0) is 15.3. The smallest absolute Gasteiger partial charge is 0.157 e. The van der Waals surface area contributed by atoms with Gasteiger partial charge >= 0.3 is 0 Å². The summed E-state index contributed by atoms with van der Waals surface area (Å²) in [6, 6.07) is 7.83. The van der Waals surface area contributed by atoms with Crippen LogP contribution >= 0.6 is 0 Å². The van der Waals surface area contributed by atoms with Crippen LogP contribution in [0, 0.1) is 0 Å². The van der Waals surface area contributed by atoms with E-state index in [4.69, 9.17) is 4.74 Å². The summed E-state index contributed by atoms with van der Waals surface area (Å²) < 4.78 is 5.24. The Morgan fingerprint density at radius 1 is 1.29 bits per heavy atom. The second-order valence-electron chi connectivity index (χ2n) is 6.13. The van der Waals surface area contributed by atoms with E-state index in [2.05, 4.69) is 18.7 Å². The Kier molecular flexibility index (Phi) is 5.40. The van der Waals surface area contributed by atoms with Crippen LogP contribution in [0.3, 0.4) is 0 Å². The molecule has 2 rings (SSSR count). The molecule has 0 bridgehead atoms. The highest BCUT2D eigenvalue weighted by Crippen LogP contribution is 2.27. The molecule has 3 nitrogen and oxygen atoms in total. The number of hydrogen-bond donors (Lipinski definition) is 0. The lowest BCUT2D eigenvalue weighted by Gasteiger charge is -2.42. The van der Waals surface area contributed by atoms with Crippen LogP contribution in [0.15, 0.2) is 24.3 Å². The van der Waals surface area contributed by atoms with Crippen LogP contribution in [-0.2, 0) is 11.2 Å². The van der Waals surface area contributed by atoms with E-state index in [9.17, 15) is 4.79 Å². The molecule has 1 aromatic rings. The topological polar surface area (TPSA) is 29.5 Å². The van der Waals surface area contributed by atoms with E-state index in [0.717, 1.165) is 30.8 Å². The minimum Gasteiger partial charge on any atom is -0.497 e. The van der Waals surface area contributed by atoms with Gasteiger partial charge in [-0.1, -0.05) is 25.5 Å². The van der Waals surface area contributed by atoms with Crippen molar-refractivity contribution in [1.29, 1.82) is 0 Å². The van der Waals surface area contributed by atoms with E-state index in [0.29, 0.717) is 12.2 Å². The normalized spacial score (nSPS) is 19.0. The molecule has 116 valence electrons. The lowest BCUT2D eigenvalue weighted by atomic mass is 9.86. The first-order valence-corrected chi connectivity index (χ1v) is 8.01. The quantitative estimate of drug-likeness (QED) is 0.803. The van der Waals surface area contributed by atoms with Gasteiger partial charge in [-0.25, -0.2) is 0 Å². The lowest BCUT2D eigenvalue weighted by Crippen LogP contribution is -2.54. The molecule has 1 fully saturated rings. The summed E-state index contributed by atoms with van der Waals surface area (Å²) in [7, 11) is 1.66. The molecule has 21 heavy (non-hydrogen) atoms. The molecule has 0 amide bonds. The van der Waals surface area contributed by atoms with Gasteiger partial charge in [0.15, 0.2) is 5.78 Å². The third-order valence-corrected chi connectivity index (χ3v) is 4.84. The maximum atomic E-state index is 12.9. The van der Waals surface area contributed by atoms with Gasteiger partial charge in [-0.3, -0.25) is 9.69 Å². The van der Waals surface area contributed by atoms with Gasteiger partial charge in [-0.05, 0) is 57.0 Å². The number of likely N-dealkylation sites (tertiary alicyclic amines) is 1. The molecule has 0 radical (unpaired) electrons. The number of Topliss-reactive ketones (excluding diaryl/α,β-unsaturated/α-hetero) is 1. The first-order chi connectivity index (χ1) is 10.1. The van der Waals surface area contributed by atoms with E-state index in [1.54, 1.807) is 7.11 Å². The Bertz CT molecular complexity index is 480. The molecule has 3 heteroatoms. The minimum atomic E-state index is -0.330. The zero-order valence-corrected chi connectivity index (χ0v) is 13.5. The van der Waals surface area contributed by atoms with Crippen LogP contribution in [0.5, 0.6) is 5.75 Å². The van der Waals surface area contributed by atoms with Crippen molar-refractivity contribution in [3.63, 3.8) is 0 Å². The van der Waals surface area contributed by atoms with Crippen molar-refractivity contribution < 1.29 is 9.53 Å². The third-order valence-electron chi connectivity index (χ3n) is 4.84. The fourth-order valence-corrected chi connectivity index (χ4v) is 3.14. The van der Waals surface area contributed by atoms with Crippen LogP contribution in [0.4, 0.5) is 0 Å². The second-order valence-corrected chi connectivity index (χ2v) is 6.13. The molecule has 1 atom stereocenters. The number of nitrogens with zero attached hydrogens (tertiary/aromatic N) is 1. The number of carbonyl (C=O) groups is 1. The molecule has 0 spiro atoms. The highest BCUT2D eigenvalue weighted by atomic mass is 16.5. The number of benzene rings is 1. The molecule has 0 N–H and O–H groups in total. The highest BCUT2D eigenvalue weighted by molar-refractivity contribution is 5.89. The number of piperidine rings is 1. The van der Waals surface area contributed by atoms with Gasteiger partial charge in [0.2, 0.25) is 0 Å². The molecule has 1 aliphatic rings. The van der Waals surface area contributed by atoms with Gasteiger partial charge in [-0.2, -0.15) is 0 Å². The molecule has 1 unspecified atom stereocenters. The van der Waals surface area contributed by atoms with Crippen molar-refractivity contribution in [3.8, 4) is 5.75 Å². The molecular formula is C18H27NO2. The highest BCUT2D eigenvalue weighted by Gasteiger charge is 2.37. The summed E-state index contributed by atoms with van der Waals surface area (Å²) in [5.74, 6) is 1.14. The molecule has 1 heterocycles. The fraction of sp³-hybridized carbons (Fsp3) is 0.611. The third kappa shape index (κ3) is 3.65. The average molecular weight is 289 g/mol. The van der Waals surface area contributed by atoms with Gasteiger partial charge < -0.3 is 4.74 Å². The van der Waals surface area contributed by atoms with Crippen LogP contribution in [0.1, 0.15) is 45.1 Å². The van der Waals surface area contributed by atoms with E-state index < -0.39 is 0 Å². The molecule has 0 saturated carbocycles. The van der Waals surface area contributed by atoms with E-state index >= 15 is 0 Å². The largest absolute Gasteiger partial charge is 0.497 e. The average Bonchev–Trinajstić information content (AvgIpc) is 2.55. The first-order valence-electron chi connectivity index (χ1n) is 8.01. The minimum absolute atomic E-state index is 0.320. The number of methoxy groups -OCH3 is 1. The Morgan fingerprint density at radius 2 is 2.00 bits per heavy atom. The number of hydrogen-bond acceptors (Lipinski definition) is 3. The second kappa shape index (κ2) is 7.08. The lowest BCUT2D eigenvalue weighted by molar-refractivity contribution is -0.130. The molecule has 0 aromatic heterocycles. The molecule has 1 saturated heterocycles. The summed E-state index contributed by atoms with van der Waals surface area (Å²) in [6.45, 7) is 6.33. The maximum absolute atomic E-state index is 12.9. The van der Waals surface area contributed by atoms with Gasteiger partial charge in [0.05, 0.1) is 12.6 Å². The van der Waals surface area contributed by atoms with Gasteiger partial charge in [0, 0.05) is 6.42 Å². The molecule has 1 aliphatic heterocycles. The van der Waals surface area contributed by atoms with E-state index in [1.165, 1.54) is 19.3 Å². The van der Waals surface area contributed by atoms with Gasteiger partial charge in [0.25, 0.3) is 0 Å². The van der Waals surface area contributed by atoms with Crippen LogP contribution in [0.25, 0.3) is 0 Å². The van der Waals surface area contributed by atoms with Crippen molar-refractivity contribution in [2.45, 2.75) is 51.5 Å². The van der Waals surface area contributed by atoms with Crippen molar-refractivity contribution in [3.05, 3.63) is 29.8 Å². The van der Waals surface area contributed by atoms with Crippen molar-refractivity contribution in [2.75, 3.05) is 20.2 Å². The Labute approximate surface area is 128 Å². The first kappa shape index (κ1) is 16.0. The number of rotatable bonds is 6. The monoisotopic (exact) mass is 289 g/mol. The number of ether oxygens (including phenoxy) is 1. The Hall–Kier alpha value is -1.35. The zero-order valence-electron chi connectivity index (χ0n) is 13.5. The van der Waals surface area contributed by atoms with Crippen LogP contribution in [0.2, 0.25) is 0 Å². The summed E-state index contributed by atoms with van der Waals surface area (Å²) in [5, 5.41) is 0. The van der Waals surface area contributed by atoms with Crippen molar-refractivity contribution >= 4 is 5.78 Å². The van der Waals surface area contributed by atoms with Crippen molar-refractivity contribution in [2.24, 2.45) is 0 Å². The SMILES string of the molecule is CCC(C)(C(=O)Cc1cccc(OC)c1)N1CCCCC1. The summed E-state index contributed by atoms with van der Waals surface area (Å²) in [6.07, 6.45) is 5.07. The van der Waals surface area contributed by atoms with Crippen LogP contribution in [-0.4, -0.2) is 36.4 Å². The standard InChI is InChI=1S/C18H27NO2/c1-4-18(2,19-11-6-5-7-12-19)17(20)14-15-9-8-10-16(13-15)21-3/h8-10,13H,4-7,11-12,14H2,1-3H3. The maximum Gasteiger partial charge on any atom is 0.157 e. The molecular weight excluding hydrogens is 262 g/mol. The molecule has 1 aromatic carbocycles. The number of ketones is 1. The van der Waals surface area contributed by atoms with Gasteiger partial charge in [0.1, 0.15) is 5.75 Å². The Morgan fingerprint density at radius 3 is 2.62 bits per heavy atom. The number of carbonyl (C=O) groups excluding carboxylic acids is 1. The predicted octanol–water partition coefficient (Wildman–Crippen LogP) is 3.46. The Balaban J connectivity index is 2.11. The predicted molar refractivity (Wildman–Crippen MR) is 85.8 cm³/mol. The van der Waals surface area contributed by atoms with Crippen molar-refractivity contribution in [1.82, 2.24) is 4.90 Å².